The highest BCUT2D eigenvalue weighted by molar-refractivity contribution is 6.16. The number of rotatable bonds is 5. The fourth-order valence-corrected chi connectivity index (χ4v) is 3.30. The van der Waals surface area contributed by atoms with Crippen molar-refractivity contribution in [3.63, 3.8) is 0 Å². The number of nitrogens with one attached hydrogen (secondary N) is 1. The molecule has 1 aromatic heterocycles. The molecule has 0 aliphatic carbocycles. The molecule has 0 atom stereocenters. The molecule has 0 saturated carbocycles. The molecule has 0 aliphatic heterocycles. The third kappa shape index (κ3) is 3.58. The lowest BCUT2D eigenvalue weighted by atomic mass is 10.0. The number of carbonyl (C=O) groups is 2. The van der Waals surface area contributed by atoms with Crippen LogP contribution in [0.5, 0.6) is 0 Å². The Morgan fingerprint density at radius 1 is 0.857 bits per heavy atom. The van der Waals surface area contributed by atoms with Crippen LogP contribution in [0.15, 0.2) is 85.1 Å². The zero-order chi connectivity index (χ0) is 19.5. The Morgan fingerprint density at radius 2 is 1.54 bits per heavy atom. The summed E-state index contributed by atoms with van der Waals surface area (Å²) >= 11 is 0. The van der Waals surface area contributed by atoms with Crippen molar-refractivity contribution in [3.8, 4) is 0 Å². The molecule has 138 valence electrons. The van der Waals surface area contributed by atoms with Gasteiger partial charge in [-0.3, -0.25) is 9.59 Å². The van der Waals surface area contributed by atoms with E-state index < -0.39 is 0 Å². The molecule has 4 aromatic rings. The third-order valence-electron chi connectivity index (χ3n) is 4.72. The number of amides is 1. The molecule has 4 rings (SSSR count). The molecule has 0 aliphatic rings. The van der Waals surface area contributed by atoms with Crippen molar-refractivity contribution in [1.29, 1.82) is 0 Å². The molecule has 0 fully saturated rings. The average Bonchev–Trinajstić information content (AvgIpc) is 3.08. The molecular weight excluding hydrogens is 348 g/mol. The molecule has 28 heavy (non-hydrogen) atoms. The average molecular weight is 368 g/mol. The Balaban J connectivity index is 1.63. The highest BCUT2D eigenvalue weighted by Gasteiger charge is 2.17. The molecule has 0 bridgehead atoms. The van der Waals surface area contributed by atoms with Gasteiger partial charge in [0.25, 0.3) is 0 Å². The highest BCUT2D eigenvalue weighted by Crippen LogP contribution is 2.24. The van der Waals surface area contributed by atoms with E-state index in [2.05, 4.69) is 5.32 Å². The summed E-state index contributed by atoms with van der Waals surface area (Å²) in [5.74, 6) is -0.183. The lowest BCUT2D eigenvalue weighted by Crippen LogP contribution is -2.18. The number of hydrogen-bond acceptors (Lipinski definition) is 2. The van der Waals surface area contributed by atoms with Gasteiger partial charge in [-0.25, -0.2) is 0 Å². The minimum Gasteiger partial charge on any atom is -0.337 e. The van der Waals surface area contributed by atoms with Crippen LogP contribution in [0.25, 0.3) is 10.9 Å². The van der Waals surface area contributed by atoms with Crippen LogP contribution in [0.2, 0.25) is 0 Å². The highest BCUT2D eigenvalue weighted by atomic mass is 16.2. The van der Waals surface area contributed by atoms with Crippen LogP contribution in [0.1, 0.15) is 21.5 Å². The number of para-hydroxylation sites is 1. The number of anilines is 1. The maximum Gasteiger partial charge on any atom is 0.244 e. The van der Waals surface area contributed by atoms with Crippen LogP contribution < -0.4 is 5.32 Å². The summed E-state index contributed by atoms with van der Waals surface area (Å²) < 4.78 is 1.83. The normalized spacial score (nSPS) is 10.8. The maximum absolute atomic E-state index is 13.0. The number of aryl methyl sites for hydroxylation is 1. The van der Waals surface area contributed by atoms with Crippen LogP contribution in [-0.2, 0) is 11.3 Å². The zero-order valence-electron chi connectivity index (χ0n) is 15.6. The summed E-state index contributed by atoms with van der Waals surface area (Å²) in [5, 5.41) is 3.75. The summed E-state index contributed by atoms with van der Waals surface area (Å²) in [6.45, 7) is 2.14. The van der Waals surface area contributed by atoms with E-state index >= 15 is 0 Å². The van der Waals surface area contributed by atoms with E-state index in [0.717, 1.165) is 22.2 Å². The minimum atomic E-state index is -0.136. The first-order valence-electron chi connectivity index (χ1n) is 9.16. The SMILES string of the molecule is Cc1ccc(NC(=O)Cn2cc(C(=O)c3ccccc3)c3ccccc32)cc1. The number of aromatic nitrogens is 1. The lowest BCUT2D eigenvalue weighted by Gasteiger charge is -2.07. The summed E-state index contributed by atoms with van der Waals surface area (Å²) in [4.78, 5) is 25.5. The first-order valence-corrected chi connectivity index (χ1v) is 9.16. The van der Waals surface area contributed by atoms with Crippen LogP contribution >= 0.6 is 0 Å². The molecule has 4 nitrogen and oxygen atoms in total. The minimum absolute atomic E-state index is 0.0468. The molecule has 1 N–H and O–H groups in total. The summed E-state index contributed by atoms with van der Waals surface area (Å²) in [5.41, 5.74) is 3.99. The quantitative estimate of drug-likeness (QED) is 0.514. The van der Waals surface area contributed by atoms with E-state index in [4.69, 9.17) is 0 Å². The second kappa shape index (κ2) is 7.53. The topological polar surface area (TPSA) is 51.1 Å². The zero-order valence-corrected chi connectivity index (χ0v) is 15.6. The van der Waals surface area contributed by atoms with Gasteiger partial charge in [-0.05, 0) is 25.1 Å². The van der Waals surface area contributed by atoms with Gasteiger partial charge in [-0.15, -0.1) is 0 Å². The largest absolute Gasteiger partial charge is 0.337 e. The first kappa shape index (κ1) is 17.7. The van der Waals surface area contributed by atoms with Crippen molar-refractivity contribution >= 4 is 28.3 Å². The predicted octanol–water partition coefficient (Wildman–Crippen LogP) is 4.82. The number of benzene rings is 3. The van der Waals surface area contributed by atoms with E-state index in [0.29, 0.717) is 11.1 Å². The fraction of sp³-hybridized carbons (Fsp3) is 0.0833. The Labute approximate surface area is 163 Å². The standard InChI is InChI=1S/C24H20N2O2/c1-17-11-13-19(14-12-17)25-23(27)16-26-15-21(20-9-5-6-10-22(20)26)24(28)18-7-3-2-4-8-18/h2-15H,16H2,1H3,(H,25,27). The van der Waals surface area contributed by atoms with E-state index in [-0.39, 0.29) is 18.2 Å². The molecule has 0 unspecified atom stereocenters. The van der Waals surface area contributed by atoms with Crippen molar-refractivity contribution in [2.45, 2.75) is 13.5 Å². The number of fused-ring (bicyclic) bond motifs is 1. The van der Waals surface area contributed by atoms with Crippen molar-refractivity contribution in [2.24, 2.45) is 0 Å². The second-order valence-corrected chi connectivity index (χ2v) is 6.80. The molecule has 0 spiro atoms. The number of ketones is 1. The lowest BCUT2D eigenvalue weighted by molar-refractivity contribution is -0.116. The summed E-state index contributed by atoms with van der Waals surface area (Å²) in [6.07, 6.45) is 1.77. The summed E-state index contributed by atoms with van der Waals surface area (Å²) in [7, 11) is 0. The molecule has 0 saturated heterocycles. The van der Waals surface area contributed by atoms with Crippen LogP contribution in [0.3, 0.4) is 0 Å². The van der Waals surface area contributed by atoms with Gasteiger partial charge >= 0.3 is 0 Å². The van der Waals surface area contributed by atoms with E-state index in [1.54, 1.807) is 18.3 Å². The summed E-state index contributed by atoms with van der Waals surface area (Å²) in [6, 6.07) is 24.5. The Hall–Kier alpha value is -3.66. The van der Waals surface area contributed by atoms with Crippen molar-refractivity contribution in [1.82, 2.24) is 4.57 Å². The van der Waals surface area contributed by atoms with Gasteiger partial charge in [0, 0.05) is 33.9 Å². The Morgan fingerprint density at radius 3 is 2.29 bits per heavy atom. The van der Waals surface area contributed by atoms with E-state index in [1.165, 1.54) is 0 Å². The van der Waals surface area contributed by atoms with Gasteiger partial charge in [-0.1, -0.05) is 66.2 Å². The van der Waals surface area contributed by atoms with Crippen LogP contribution in [0.4, 0.5) is 5.69 Å². The Bertz CT molecular complexity index is 1140. The maximum atomic E-state index is 13.0. The van der Waals surface area contributed by atoms with Gasteiger partial charge in [0.05, 0.1) is 0 Å². The van der Waals surface area contributed by atoms with Crippen molar-refractivity contribution in [3.05, 3.63) is 102 Å². The molecular formula is C24H20N2O2. The second-order valence-electron chi connectivity index (χ2n) is 6.80. The fourth-order valence-electron chi connectivity index (χ4n) is 3.30. The molecule has 0 radical (unpaired) electrons. The monoisotopic (exact) mass is 368 g/mol. The van der Waals surface area contributed by atoms with Crippen LogP contribution in [-0.4, -0.2) is 16.3 Å². The van der Waals surface area contributed by atoms with Gasteiger partial charge in [0.1, 0.15) is 6.54 Å². The molecule has 4 heteroatoms. The molecule has 1 amide bonds. The molecule has 3 aromatic carbocycles. The van der Waals surface area contributed by atoms with Gasteiger partial charge < -0.3 is 9.88 Å². The third-order valence-corrected chi connectivity index (χ3v) is 4.72. The van der Waals surface area contributed by atoms with Gasteiger partial charge in [0.2, 0.25) is 5.91 Å². The number of hydrogen-bond donors (Lipinski definition) is 1. The van der Waals surface area contributed by atoms with Gasteiger partial charge in [-0.2, -0.15) is 0 Å². The first-order chi connectivity index (χ1) is 13.6. The van der Waals surface area contributed by atoms with Crippen molar-refractivity contribution in [2.75, 3.05) is 5.32 Å². The van der Waals surface area contributed by atoms with E-state index in [9.17, 15) is 9.59 Å². The number of nitrogens with zero attached hydrogens (tertiary/aromatic N) is 1. The van der Waals surface area contributed by atoms with Crippen molar-refractivity contribution < 1.29 is 9.59 Å². The Kier molecular flexibility index (Phi) is 4.77. The molecule has 1 heterocycles. The van der Waals surface area contributed by atoms with E-state index in [1.807, 2.05) is 78.2 Å². The van der Waals surface area contributed by atoms with Crippen LogP contribution in [0, 0.1) is 6.92 Å². The number of carbonyl (C=O) groups excluding carboxylic acids is 2. The van der Waals surface area contributed by atoms with Gasteiger partial charge in [0.15, 0.2) is 5.78 Å². The smallest absolute Gasteiger partial charge is 0.244 e. The predicted molar refractivity (Wildman–Crippen MR) is 112 cm³/mol.